The van der Waals surface area contributed by atoms with Crippen LogP contribution in [0.3, 0.4) is 0 Å². The quantitative estimate of drug-likeness (QED) is 0.367. The Morgan fingerprint density at radius 3 is 1.39 bits per heavy atom. The Kier molecular flexibility index (Phi) is 13.7. The summed E-state index contributed by atoms with van der Waals surface area (Å²) in [6.45, 7) is 12.6. The number of hydrogen-bond acceptors (Lipinski definition) is 3. The number of halogens is 1. The zero-order valence-electron chi connectivity index (χ0n) is 15.6. The van der Waals surface area contributed by atoms with E-state index in [-0.39, 0.29) is 0 Å². The van der Waals surface area contributed by atoms with Gasteiger partial charge in [-0.3, -0.25) is 0 Å². The molecule has 0 aromatic heterocycles. The molecular weight excluding hydrogens is 376 g/mol. The Balaban J connectivity index is 5.02. The third kappa shape index (κ3) is 13.2. The fourth-order valence-electron chi connectivity index (χ4n) is 1.63. The maximum Gasteiger partial charge on any atom is 0.469 e. The van der Waals surface area contributed by atoms with E-state index in [1.807, 2.05) is 0 Å². The Hall–Kier alpha value is 0.258. The van der Waals surface area contributed by atoms with Crippen molar-refractivity contribution in [3.63, 3.8) is 0 Å². The fraction of sp³-hybridized carbons (Fsp3) is 0.600. The van der Waals surface area contributed by atoms with Gasteiger partial charge in [-0.15, -0.1) is 11.6 Å². The van der Waals surface area contributed by atoms with Gasteiger partial charge >= 0.3 is 8.80 Å². The van der Waals surface area contributed by atoms with Crippen LogP contribution in [0.15, 0.2) is 33.8 Å². The maximum absolute atomic E-state index is 6.32. The van der Waals surface area contributed by atoms with E-state index < -0.39 is 38.1 Å². The molecule has 0 heterocycles. The number of alkyl halides is 1. The molecule has 0 aromatic rings. The van der Waals surface area contributed by atoms with E-state index >= 15 is 0 Å². The lowest BCUT2D eigenvalue weighted by molar-refractivity contribution is 0.284. The molecule has 0 N–H and O–H groups in total. The van der Waals surface area contributed by atoms with Crippen LogP contribution in [0.4, 0.5) is 0 Å². The molecule has 0 radical (unpaired) electrons. The molecule has 0 spiro atoms. The van der Waals surface area contributed by atoms with Gasteiger partial charge in [0.15, 0.2) is 29.3 Å². The minimum atomic E-state index is -2.55. The van der Waals surface area contributed by atoms with Crippen molar-refractivity contribution in [1.29, 1.82) is 0 Å². The molecule has 0 aliphatic carbocycles. The lowest BCUT2D eigenvalue weighted by Gasteiger charge is -2.30. The van der Waals surface area contributed by atoms with Gasteiger partial charge in [-0.2, -0.15) is 0 Å². The van der Waals surface area contributed by atoms with Crippen LogP contribution in [0.1, 0.15) is 48.0 Å². The maximum atomic E-state index is 6.32. The van der Waals surface area contributed by atoms with Crippen molar-refractivity contribution >= 4 is 49.7 Å². The molecule has 0 amide bonds. The summed E-state index contributed by atoms with van der Waals surface area (Å²) in [5.74, 6) is 0.628. The lowest BCUT2D eigenvalue weighted by atomic mass is 10.4. The number of allylic oxidation sites excluding steroid dienone is 3. The highest BCUT2D eigenvalue weighted by molar-refractivity contribution is 6.75. The monoisotopic (exact) mass is 408 g/mol. The van der Waals surface area contributed by atoms with Crippen molar-refractivity contribution in [3.05, 3.63) is 33.8 Å². The summed E-state index contributed by atoms with van der Waals surface area (Å²) < 4.78 is 18.9. The van der Waals surface area contributed by atoms with Crippen LogP contribution in [-0.4, -0.2) is 44.0 Å². The zero-order valence-corrected chi connectivity index (χ0v) is 21.6. The summed E-state index contributed by atoms with van der Waals surface area (Å²) in [4.78, 5) is 0. The molecule has 0 unspecified atom stereocenters. The van der Waals surface area contributed by atoms with Crippen molar-refractivity contribution in [2.45, 2.75) is 54.0 Å². The van der Waals surface area contributed by atoms with E-state index in [0.717, 1.165) is 12.5 Å². The van der Waals surface area contributed by atoms with E-state index in [4.69, 9.17) is 23.9 Å². The summed E-state index contributed by atoms with van der Waals surface area (Å²) in [6, 6.07) is 0.841. The minimum Gasteiger partial charge on any atom is -0.418 e. The average molecular weight is 409 g/mol. The first-order valence-corrected chi connectivity index (χ1v) is 14.8. The molecule has 8 heteroatoms. The van der Waals surface area contributed by atoms with Gasteiger partial charge in [-0.1, -0.05) is 33.8 Å². The van der Waals surface area contributed by atoms with Gasteiger partial charge in [0.25, 0.3) is 0 Å². The van der Waals surface area contributed by atoms with Crippen molar-refractivity contribution < 1.29 is 12.3 Å². The van der Waals surface area contributed by atoms with E-state index in [0.29, 0.717) is 5.88 Å². The largest absolute Gasteiger partial charge is 0.469 e. The second kappa shape index (κ2) is 13.5. The van der Waals surface area contributed by atoms with Gasteiger partial charge in [0.05, 0.1) is 0 Å². The van der Waals surface area contributed by atoms with Crippen LogP contribution in [0.2, 0.25) is 6.04 Å². The molecule has 0 atom stereocenters. The Morgan fingerprint density at radius 2 is 1.13 bits per heavy atom. The van der Waals surface area contributed by atoms with Crippen molar-refractivity contribution in [2.75, 3.05) is 5.88 Å². The van der Waals surface area contributed by atoms with E-state index in [1.165, 1.54) is 16.7 Å². The molecule has 3 nitrogen and oxygen atoms in total. The summed E-state index contributed by atoms with van der Waals surface area (Å²) in [5.41, 5.74) is 10.6. The predicted octanol–water partition coefficient (Wildman–Crippen LogP) is 2.63. The Morgan fingerprint density at radius 1 is 0.783 bits per heavy atom. The van der Waals surface area contributed by atoms with Gasteiger partial charge in [0.2, 0.25) is 0 Å². The number of hydrogen-bond donors (Lipinski definition) is 0. The van der Waals surface area contributed by atoms with Crippen LogP contribution in [0.25, 0.3) is 0 Å². The third-order valence-electron chi connectivity index (χ3n) is 3.00. The van der Waals surface area contributed by atoms with Crippen molar-refractivity contribution in [2.24, 2.45) is 0 Å². The van der Waals surface area contributed by atoms with Crippen molar-refractivity contribution in [3.8, 4) is 0 Å². The molecule has 0 rings (SSSR count). The van der Waals surface area contributed by atoms with Crippen LogP contribution in [0.5, 0.6) is 0 Å². The van der Waals surface area contributed by atoms with Crippen molar-refractivity contribution in [1.82, 2.24) is 0 Å². The van der Waals surface area contributed by atoms with Gasteiger partial charge in [0, 0.05) is 11.9 Å². The van der Waals surface area contributed by atoms with E-state index in [1.54, 1.807) is 0 Å². The summed E-state index contributed by atoms with van der Waals surface area (Å²) >= 11 is 5.91. The Bertz CT molecular complexity index is 358. The first-order valence-electron chi connectivity index (χ1n) is 8.19. The van der Waals surface area contributed by atoms with Gasteiger partial charge in [0.1, 0.15) is 0 Å². The summed E-state index contributed by atoms with van der Waals surface area (Å²) in [7, 11) is -4.81. The zero-order chi connectivity index (χ0) is 17.7. The van der Waals surface area contributed by atoms with E-state index in [9.17, 15) is 0 Å². The smallest absolute Gasteiger partial charge is 0.418 e. The lowest BCUT2D eigenvalue weighted by Crippen LogP contribution is -2.48. The first-order chi connectivity index (χ1) is 10.8. The first kappa shape index (κ1) is 23.3. The van der Waals surface area contributed by atoms with Gasteiger partial charge in [-0.05, 0) is 48.0 Å². The van der Waals surface area contributed by atoms with Crippen LogP contribution in [-0.2, 0) is 12.3 Å². The molecule has 134 valence electrons. The molecule has 0 aliphatic rings. The topological polar surface area (TPSA) is 27.7 Å². The molecule has 0 saturated carbocycles. The van der Waals surface area contributed by atoms with E-state index in [2.05, 4.69) is 58.6 Å². The molecule has 0 saturated heterocycles. The summed E-state index contributed by atoms with van der Waals surface area (Å²) in [5, 5.41) is 0. The summed E-state index contributed by atoms with van der Waals surface area (Å²) in [6.07, 6.45) is 0.892. The van der Waals surface area contributed by atoms with Crippen LogP contribution >= 0.6 is 11.6 Å². The molecule has 0 fully saturated rings. The average Bonchev–Trinajstić information content (AvgIpc) is 2.43. The van der Waals surface area contributed by atoms with Gasteiger partial charge in [-0.25, -0.2) is 0 Å². The molecule has 0 aromatic carbocycles. The predicted molar refractivity (Wildman–Crippen MR) is 113 cm³/mol. The highest BCUT2D eigenvalue weighted by Crippen LogP contribution is 2.18. The number of rotatable bonds is 12. The normalized spacial score (nSPS) is 14.7. The molecular formula is C15H33ClO3Si4. The standard InChI is InChI=1S/C15H33ClO3Si4/c1-13(2)10-20-17-23(9-7-8-16,18-21-11-14(3)4)19-22-12-15(5)6/h10-12H,7-9,20-22H2,1-6H3. The SMILES string of the molecule is CC(C)=C[SiH2]O[Si](CCCCl)(O[SiH2]C=C(C)C)O[SiH2]C=C(C)C. The second-order valence-electron chi connectivity index (χ2n) is 6.25. The molecule has 0 aliphatic heterocycles. The second-order valence-corrected chi connectivity index (χ2v) is 14.2. The van der Waals surface area contributed by atoms with Gasteiger partial charge < -0.3 is 12.3 Å². The molecule has 0 bridgehead atoms. The minimum absolute atomic E-state index is 0.628. The van der Waals surface area contributed by atoms with Crippen LogP contribution < -0.4 is 0 Å². The fourth-order valence-corrected chi connectivity index (χ4v) is 12.6. The highest BCUT2D eigenvalue weighted by atomic mass is 35.5. The third-order valence-corrected chi connectivity index (χ3v) is 14.5. The van der Waals surface area contributed by atoms with Crippen LogP contribution in [0, 0.1) is 0 Å². The molecule has 23 heavy (non-hydrogen) atoms. The Labute approximate surface area is 155 Å². The highest BCUT2D eigenvalue weighted by Gasteiger charge is 2.38.